The summed E-state index contributed by atoms with van der Waals surface area (Å²) in [5, 5.41) is 0. The third kappa shape index (κ3) is 4.86. The molecule has 0 radical (unpaired) electrons. The maximum Gasteiger partial charge on any atom is 0.377 e. The molecule has 12 bridgehead atoms. The highest BCUT2D eigenvalue weighted by molar-refractivity contribution is 5.89. The van der Waals surface area contributed by atoms with E-state index in [1.165, 1.54) is 19.3 Å². The van der Waals surface area contributed by atoms with E-state index in [2.05, 4.69) is 0 Å². The maximum absolute atomic E-state index is 14.0. The summed E-state index contributed by atoms with van der Waals surface area (Å²) >= 11 is 0. The summed E-state index contributed by atoms with van der Waals surface area (Å²) in [4.78, 5) is 53.0. The van der Waals surface area contributed by atoms with Crippen LogP contribution in [0.25, 0.3) is 0 Å². The number of esters is 3. The van der Waals surface area contributed by atoms with Gasteiger partial charge in [-0.25, -0.2) is 4.79 Å². The fourth-order valence-corrected chi connectivity index (χ4v) is 14.6. The second-order valence-corrected chi connectivity index (χ2v) is 19.3. The Bertz CT molecular complexity index is 1430. The Balaban J connectivity index is 0.880. The van der Waals surface area contributed by atoms with Gasteiger partial charge in [-0.2, -0.15) is 8.78 Å². The van der Waals surface area contributed by atoms with Crippen LogP contribution in [0.4, 0.5) is 8.78 Å². The van der Waals surface area contributed by atoms with Crippen LogP contribution in [-0.2, 0) is 42.9 Å². The minimum absolute atomic E-state index is 0.0124. The Hall–Kier alpha value is -2.14. The smallest absolute Gasteiger partial charge is 0.377 e. The van der Waals surface area contributed by atoms with Crippen molar-refractivity contribution >= 4 is 23.7 Å². The molecule has 13 fully saturated rings. The Morgan fingerprint density at radius 3 is 1.58 bits per heavy atom. The number of ether oxygens (including phenoxy) is 5. The summed E-state index contributed by atoms with van der Waals surface area (Å²) in [5.74, 6) is -4.39. The van der Waals surface area contributed by atoms with E-state index >= 15 is 0 Å². The number of rotatable bonds is 8. The number of Topliss-reactive ketones (excluding diaryl/α,β-unsaturated/α-hetero) is 1. The number of ketones is 1. The first kappa shape index (κ1) is 32.5. The molecule has 12 saturated carbocycles. The monoisotopic (exact) mass is 700 g/mol. The first-order valence-electron chi connectivity index (χ1n) is 19.6. The molecule has 6 atom stereocenters. The Morgan fingerprint density at radius 1 is 0.660 bits per heavy atom. The Morgan fingerprint density at radius 2 is 1.10 bits per heavy atom. The van der Waals surface area contributed by atoms with Gasteiger partial charge in [0.1, 0.15) is 36.8 Å². The van der Waals surface area contributed by atoms with Crippen molar-refractivity contribution in [1.29, 1.82) is 0 Å². The number of hydrogen-bond donors (Lipinski definition) is 0. The van der Waals surface area contributed by atoms with Crippen molar-refractivity contribution < 1.29 is 51.6 Å². The van der Waals surface area contributed by atoms with Crippen LogP contribution in [0.3, 0.4) is 0 Å². The molecule has 13 rings (SSSR count). The largest absolute Gasteiger partial charge is 0.462 e. The van der Waals surface area contributed by atoms with Crippen LogP contribution < -0.4 is 0 Å². The first-order chi connectivity index (χ1) is 23.7. The van der Waals surface area contributed by atoms with Crippen molar-refractivity contribution in [3.05, 3.63) is 0 Å². The molecule has 11 heteroatoms. The van der Waals surface area contributed by atoms with Gasteiger partial charge in [0, 0.05) is 30.6 Å². The second-order valence-electron chi connectivity index (χ2n) is 19.3. The summed E-state index contributed by atoms with van der Waals surface area (Å²) < 4.78 is 59.6. The molecule has 12 aliphatic carbocycles. The Labute approximate surface area is 291 Å². The lowest BCUT2D eigenvalue weighted by atomic mass is 9.49. The lowest BCUT2D eigenvalue weighted by molar-refractivity contribution is -0.326. The van der Waals surface area contributed by atoms with E-state index in [-0.39, 0.29) is 54.7 Å². The molecule has 6 unspecified atom stereocenters. The van der Waals surface area contributed by atoms with Gasteiger partial charge in [0.2, 0.25) is 0 Å². The summed E-state index contributed by atoms with van der Waals surface area (Å²) in [6, 6.07) is 0. The van der Waals surface area contributed by atoms with Crippen LogP contribution in [0.1, 0.15) is 110 Å². The summed E-state index contributed by atoms with van der Waals surface area (Å²) in [5.41, 5.74) is -2.04. The molecule has 1 saturated heterocycles. The van der Waals surface area contributed by atoms with E-state index in [0.717, 1.165) is 51.4 Å². The molecule has 0 aromatic rings. The van der Waals surface area contributed by atoms with E-state index in [1.807, 2.05) is 0 Å². The van der Waals surface area contributed by atoms with Gasteiger partial charge < -0.3 is 23.7 Å². The standard InChI is InChI=1S/C39H50F2O9/c1-35(40,41)32(43)50-38-13-24-7-27(16-38)39(28(8-24)17-38)48-29(18-46-33(44)36-9-20-2-21(10-36)4-22(3-20)11-36)30(49-39)19-47-34(45)37-12-23-5-25(14-37)31(42)26(6-23)15-37/h20-30H,2-19H2,1H3. The molecule has 0 N–H and O–H groups in total. The van der Waals surface area contributed by atoms with Crippen LogP contribution in [-0.4, -0.2) is 66.4 Å². The second kappa shape index (κ2) is 10.7. The third-order valence-corrected chi connectivity index (χ3v) is 15.7. The van der Waals surface area contributed by atoms with E-state index in [9.17, 15) is 28.0 Å². The molecule has 1 heterocycles. The maximum atomic E-state index is 14.0. The predicted octanol–water partition coefficient (Wildman–Crippen LogP) is 5.94. The van der Waals surface area contributed by atoms with E-state index in [0.29, 0.717) is 68.5 Å². The van der Waals surface area contributed by atoms with Gasteiger partial charge in [-0.1, -0.05) is 0 Å². The molecular weight excluding hydrogens is 650 g/mol. The number of hydrogen-bond acceptors (Lipinski definition) is 9. The molecule has 0 aromatic carbocycles. The van der Waals surface area contributed by atoms with Gasteiger partial charge in [0.25, 0.3) is 0 Å². The third-order valence-electron chi connectivity index (χ3n) is 15.7. The SMILES string of the molecule is CC(F)(F)C(=O)OC12CC3CC(C1)C1(OC(COC(=O)C45CC6CC(CC(C6)C4)C5)C(COC(=O)C45CC6CC(C4)C(=O)C(C6)C5)O1)C(C3)C2. The first-order valence-corrected chi connectivity index (χ1v) is 19.6. The zero-order valence-corrected chi connectivity index (χ0v) is 29.0. The van der Waals surface area contributed by atoms with Crippen molar-refractivity contribution in [1.82, 2.24) is 0 Å². The van der Waals surface area contributed by atoms with Crippen molar-refractivity contribution in [2.75, 3.05) is 13.2 Å². The molecule has 0 amide bonds. The number of halogens is 2. The summed E-state index contributed by atoms with van der Waals surface area (Å²) in [7, 11) is 0. The molecule has 50 heavy (non-hydrogen) atoms. The number of carbonyl (C=O) groups is 4. The average Bonchev–Trinajstić information content (AvgIpc) is 3.41. The van der Waals surface area contributed by atoms with Crippen molar-refractivity contribution in [2.45, 2.75) is 139 Å². The highest BCUT2D eigenvalue weighted by atomic mass is 19.3. The lowest BCUT2D eigenvalue weighted by Crippen LogP contribution is -2.65. The fourth-order valence-electron chi connectivity index (χ4n) is 14.6. The lowest BCUT2D eigenvalue weighted by Gasteiger charge is -2.62. The quantitative estimate of drug-likeness (QED) is 0.224. The Kier molecular flexibility index (Phi) is 6.97. The summed E-state index contributed by atoms with van der Waals surface area (Å²) in [6.45, 7) is 0.505. The molecule has 1 aliphatic heterocycles. The molecule has 0 aromatic heterocycles. The van der Waals surface area contributed by atoms with Gasteiger partial charge in [0.05, 0.1) is 10.8 Å². The minimum atomic E-state index is -3.58. The normalized spacial score (nSPS) is 51.8. The topological polar surface area (TPSA) is 114 Å². The number of carbonyl (C=O) groups excluding carboxylic acids is 4. The van der Waals surface area contributed by atoms with Gasteiger partial charge in [-0.3, -0.25) is 14.4 Å². The zero-order chi connectivity index (χ0) is 34.4. The van der Waals surface area contributed by atoms with Gasteiger partial charge in [-0.15, -0.1) is 0 Å². The highest BCUT2D eigenvalue weighted by Gasteiger charge is 2.70. The van der Waals surface area contributed by atoms with Gasteiger partial charge >= 0.3 is 23.8 Å². The van der Waals surface area contributed by atoms with Crippen molar-refractivity contribution in [3.8, 4) is 0 Å². The molecule has 9 nitrogen and oxygen atoms in total. The number of alkyl halides is 2. The predicted molar refractivity (Wildman–Crippen MR) is 169 cm³/mol. The van der Waals surface area contributed by atoms with Crippen molar-refractivity contribution in [2.24, 2.45) is 64.1 Å². The molecular formula is C39H50F2O9. The van der Waals surface area contributed by atoms with Gasteiger partial charge in [-0.05, 0) is 132 Å². The molecule has 274 valence electrons. The van der Waals surface area contributed by atoms with E-state index in [4.69, 9.17) is 23.7 Å². The fraction of sp³-hybridized carbons (Fsp3) is 0.897. The summed E-state index contributed by atoms with van der Waals surface area (Å²) in [6.07, 6.45) is 11.4. The van der Waals surface area contributed by atoms with Crippen LogP contribution in [0.5, 0.6) is 0 Å². The van der Waals surface area contributed by atoms with Crippen LogP contribution in [0.2, 0.25) is 0 Å². The highest BCUT2D eigenvalue weighted by Crippen LogP contribution is 2.65. The zero-order valence-electron chi connectivity index (χ0n) is 29.0. The van der Waals surface area contributed by atoms with Crippen LogP contribution >= 0.6 is 0 Å². The van der Waals surface area contributed by atoms with Crippen LogP contribution in [0, 0.1) is 64.1 Å². The van der Waals surface area contributed by atoms with Gasteiger partial charge in [0.15, 0.2) is 5.79 Å². The van der Waals surface area contributed by atoms with E-state index < -0.39 is 46.3 Å². The molecule has 13 aliphatic rings. The molecule has 1 spiro atoms. The van der Waals surface area contributed by atoms with E-state index in [1.54, 1.807) is 0 Å². The minimum Gasteiger partial charge on any atom is -0.462 e. The van der Waals surface area contributed by atoms with Crippen molar-refractivity contribution in [3.63, 3.8) is 0 Å². The average molecular weight is 701 g/mol. The van der Waals surface area contributed by atoms with Crippen LogP contribution in [0.15, 0.2) is 0 Å².